The summed E-state index contributed by atoms with van der Waals surface area (Å²) < 4.78 is 5.73. The van der Waals surface area contributed by atoms with Gasteiger partial charge in [-0.1, -0.05) is 12.1 Å². The minimum atomic E-state index is 0.232. The van der Waals surface area contributed by atoms with E-state index < -0.39 is 0 Å². The fraction of sp³-hybridized carbons (Fsp3) is 0.471. The summed E-state index contributed by atoms with van der Waals surface area (Å²) in [6.45, 7) is 6.64. The van der Waals surface area contributed by atoms with Crippen LogP contribution in [0.3, 0.4) is 0 Å². The molecular weight excluding hydrogens is 262 g/mol. The van der Waals surface area contributed by atoms with E-state index in [1.54, 1.807) is 0 Å². The van der Waals surface area contributed by atoms with Crippen molar-refractivity contribution in [3.63, 3.8) is 0 Å². The monoisotopic (exact) mass is 285 g/mol. The summed E-state index contributed by atoms with van der Waals surface area (Å²) in [7, 11) is 0. The summed E-state index contributed by atoms with van der Waals surface area (Å²) in [6, 6.07) is 11.2. The van der Waals surface area contributed by atoms with E-state index in [1.807, 2.05) is 12.3 Å². The van der Waals surface area contributed by atoms with Gasteiger partial charge < -0.3 is 10.5 Å². The van der Waals surface area contributed by atoms with Gasteiger partial charge >= 0.3 is 0 Å². The number of nitrogens with zero attached hydrogens (tertiary/aromatic N) is 2. The van der Waals surface area contributed by atoms with Gasteiger partial charge in [-0.05, 0) is 37.6 Å². The van der Waals surface area contributed by atoms with Crippen LogP contribution in [-0.4, -0.2) is 41.7 Å². The van der Waals surface area contributed by atoms with Gasteiger partial charge in [0.15, 0.2) is 0 Å². The predicted octanol–water partition coefficient (Wildman–Crippen LogP) is 2.34. The Morgan fingerprint density at radius 2 is 2.24 bits per heavy atom. The first-order valence-electron chi connectivity index (χ1n) is 7.61. The first kappa shape index (κ1) is 14.4. The lowest BCUT2D eigenvalue weighted by molar-refractivity contribution is -0.0653. The Kier molecular flexibility index (Phi) is 4.19. The molecule has 0 saturated carbocycles. The van der Waals surface area contributed by atoms with Gasteiger partial charge in [0.05, 0.1) is 18.2 Å². The number of aromatic nitrogens is 1. The third-order valence-corrected chi connectivity index (χ3v) is 4.29. The molecule has 0 bridgehead atoms. The molecule has 3 atom stereocenters. The highest BCUT2D eigenvalue weighted by Crippen LogP contribution is 2.27. The Hall–Kier alpha value is -1.49. The van der Waals surface area contributed by atoms with Crippen molar-refractivity contribution in [3.8, 4) is 0 Å². The van der Waals surface area contributed by atoms with Gasteiger partial charge in [0, 0.05) is 36.8 Å². The molecule has 1 aromatic heterocycles. The third-order valence-electron chi connectivity index (χ3n) is 4.29. The number of ether oxygens (including phenoxy) is 1. The molecule has 1 aliphatic rings. The van der Waals surface area contributed by atoms with Gasteiger partial charge in [-0.2, -0.15) is 0 Å². The fourth-order valence-corrected chi connectivity index (χ4v) is 3.13. The van der Waals surface area contributed by atoms with E-state index in [0.29, 0.717) is 12.6 Å². The summed E-state index contributed by atoms with van der Waals surface area (Å²) in [4.78, 5) is 6.85. The molecule has 3 rings (SSSR count). The molecule has 0 aliphatic carbocycles. The van der Waals surface area contributed by atoms with Crippen LogP contribution in [0.4, 0.5) is 0 Å². The zero-order valence-corrected chi connectivity index (χ0v) is 12.7. The highest BCUT2D eigenvalue weighted by Gasteiger charge is 2.29. The minimum Gasteiger partial charge on any atom is -0.376 e. The zero-order valence-electron chi connectivity index (χ0n) is 12.7. The lowest BCUT2D eigenvalue weighted by Crippen LogP contribution is -2.50. The second kappa shape index (κ2) is 6.10. The number of hydrogen-bond donors (Lipinski definition) is 1. The maximum atomic E-state index is 6.09. The Balaban J connectivity index is 1.93. The number of morpholine rings is 1. The smallest absolute Gasteiger partial charge is 0.0702 e. The lowest BCUT2D eigenvalue weighted by atomic mass is 10.00. The number of fused-ring (bicyclic) bond motifs is 1. The molecule has 0 amide bonds. The average Bonchev–Trinajstić information content (AvgIpc) is 2.51. The van der Waals surface area contributed by atoms with Crippen LogP contribution >= 0.6 is 0 Å². The molecule has 21 heavy (non-hydrogen) atoms. The van der Waals surface area contributed by atoms with Crippen molar-refractivity contribution < 1.29 is 4.74 Å². The summed E-state index contributed by atoms with van der Waals surface area (Å²) in [6.07, 6.45) is 2.09. The third kappa shape index (κ3) is 2.93. The number of hydrogen-bond acceptors (Lipinski definition) is 4. The SMILES string of the molecule is CC1CN(C(CN)c2ccc3ncccc3c2)C(C)CO1. The number of nitrogens with two attached hydrogens (primary N) is 1. The molecule has 1 aliphatic heterocycles. The molecule has 1 aromatic carbocycles. The minimum absolute atomic E-state index is 0.232. The van der Waals surface area contributed by atoms with Crippen LogP contribution in [-0.2, 0) is 4.74 Å². The highest BCUT2D eigenvalue weighted by atomic mass is 16.5. The topological polar surface area (TPSA) is 51.4 Å². The van der Waals surface area contributed by atoms with E-state index >= 15 is 0 Å². The molecular formula is C17H23N3O. The standard InChI is InChI=1S/C17H23N3O/c1-12-11-21-13(2)10-20(12)17(9-18)15-5-6-16-14(8-15)4-3-7-19-16/h3-8,12-13,17H,9-11,18H2,1-2H3. The van der Waals surface area contributed by atoms with Gasteiger partial charge in [-0.3, -0.25) is 9.88 Å². The van der Waals surface area contributed by atoms with Gasteiger partial charge in [0.2, 0.25) is 0 Å². The van der Waals surface area contributed by atoms with Crippen LogP contribution in [0.25, 0.3) is 10.9 Å². The zero-order chi connectivity index (χ0) is 14.8. The molecule has 4 nitrogen and oxygen atoms in total. The number of benzene rings is 1. The van der Waals surface area contributed by atoms with Crippen LogP contribution in [0.1, 0.15) is 25.5 Å². The largest absolute Gasteiger partial charge is 0.376 e. The molecule has 2 heterocycles. The van der Waals surface area contributed by atoms with E-state index in [1.165, 1.54) is 10.9 Å². The van der Waals surface area contributed by atoms with Crippen molar-refractivity contribution in [1.29, 1.82) is 0 Å². The molecule has 2 N–H and O–H groups in total. The highest BCUT2D eigenvalue weighted by molar-refractivity contribution is 5.79. The predicted molar refractivity (Wildman–Crippen MR) is 85.1 cm³/mol. The van der Waals surface area contributed by atoms with E-state index in [4.69, 9.17) is 10.5 Å². The first-order chi connectivity index (χ1) is 10.2. The van der Waals surface area contributed by atoms with Crippen molar-refractivity contribution in [3.05, 3.63) is 42.1 Å². The molecule has 112 valence electrons. The molecule has 1 saturated heterocycles. The molecule has 4 heteroatoms. The van der Waals surface area contributed by atoms with Crippen LogP contribution in [0.2, 0.25) is 0 Å². The maximum absolute atomic E-state index is 6.09. The van der Waals surface area contributed by atoms with Crippen molar-refractivity contribution in [1.82, 2.24) is 9.88 Å². The van der Waals surface area contributed by atoms with E-state index in [2.05, 4.69) is 48.0 Å². The van der Waals surface area contributed by atoms with Gasteiger partial charge in [-0.15, -0.1) is 0 Å². The van der Waals surface area contributed by atoms with Crippen LogP contribution < -0.4 is 5.73 Å². The Morgan fingerprint density at radius 3 is 3.05 bits per heavy atom. The normalized spacial score (nSPS) is 25.1. The number of pyridine rings is 1. The van der Waals surface area contributed by atoms with Crippen LogP contribution in [0.15, 0.2) is 36.5 Å². The maximum Gasteiger partial charge on any atom is 0.0702 e. The molecule has 1 fully saturated rings. The van der Waals surface area contributed by atoms with Crippen molar-refractivity contribution in [2.24, 2.45) is 5.73 Å². The summed E-state index contributed by atoms with van der Waals surface area (Å²) >= 11 is 0. The van der Waals surface area contributed by atoms with Crippen molar-refractivity contribution in [2.75, 3.05) is 19.7 Å². The number of rotatable bonds is 3. The molecule has 0 radical (unpaired) electrons. The van der Waals surface area contributed by atoms with Gasteiger partial charge in [0.1, 0.15) is 0 Å². The van der Waals surface area contributed by atoms with Crippen molar-refractivity contribution in [2.45, 2.75) is 32.0 Å². The second-order valence-electron chi connectivity index (χ2n) is 5.90. The Bertz CT molecular complexity index is 616. The van der Waals surface area contributed by atoms with Gasteiger partial charge in [-0.25, -0.2) is 0 Å². The lowest BCUT2D eigenvalue weighted by Gasteiger charge is -2.41. The first-order valence-corrected chi connectivity index (χ1v) is 7.61. The van der Waals surface area contributed by atoms with E-state index in [0.717, 1.165) is 18.7 Å². The van der Waals surface area contributed by atoms with Crippen molar-refractivity contribution >= 4 is 10.9 Å². The van der Waals surface area contributed by atoms with Crippen LogP contribution in [0, 0.1) is 0 Å². The quantitative estimate of drug-likeness (QED) is 0.940. The van der Waals surface area contributed by atoms with E-state index in [9.17, 15) is 0 Å². The summed E-state index contributed by atoms with van der Waals surface area (Å²) in [5, 5.41) is 1.17. The Morgan fingerprint density at radius 1 is 1.38 bits per heavy atom. The fourth-order valence-electron chi connectivity index (χ4n) is 3.13. The van der Waals surface area contributed by atoms with Crippen LogP contribution in [0.5, 0.6) is 0 Å². The average molecular weight is 285 g/mol. The summed E-state index contributed by atoms with van der Waals surface area (Å²) in [5.41, 5.74) is 8.38. The second-order valence-corrected chi connectivity index (χ2v) is 5.90. The summed E-state index contributed by atoms with van der Waals surface area (Å²) in [5.74, 6) is 0. The molecule has 2 aromatic rings. The Labute approximate surface area is 125 Å². The van der Waals surface area contributed by atoms with E-state index in [-0.39, 0.29) is 12.1 Å². The molecule has 3 unspecified atom stereocenters. The van der Waals surface area contributed by atoms with Gasteiger partial charge in [0.25, 0.3) is 0 Å². The molecule has 0 spiro atoms.